The normalized spacial score (nSPS) is 12.9. The highest BCUT2D eigenvalue weighted by atomic mass is 32.1. The van der Waals surface area contributed by atoms with Gasteiger partial charge in [0.2, 0.25) is 0 Å². The van der Waals surface area contributed by atoms with Gasteiger partial charge in [-0.15, -0.1) is 11.3 Å². The van der Waals surface area contributed by atoms with Crippen molar-refractivity contribution in [1.29, 1.82) is 0 Å². The van der Waals surface area contributed by atoms with E-state index in [1.807, 2.05) is 23.3 Å². The maximum atomic E-state index is 5.24. The van der Waals surface area contributed by atoms with E-state index in [0.717, 1.165) is 17.9 Å². The van der Waals surface area contributed by atoms with Gasteiger partial charge in [-0.25, -0.2) is 0 Å². The molecule has 4 nitrogen and oxygen atoms in total. The molecule has 0 saturated carbocycles. The van der Waals surface area contributed by atoms with Crippen molar-refractivity contribution >= 4 is 11.3 Å². The van der Waals surface area contributed by atoms with E-state index in [-0.39, 0.29) is 6.04 Å². The van der Waals surface area contributed by atoms with E-state index in [2.05, 4.69) is 36.4 Å². The summed E-state index contributed by atoms with van der Waals surface area (Å²) in [5.41, 5.74) is 1.11. The van der Waals surface area contributed by atoms with Crippen LogP contribution in [0.4, 0.5) is 0 Å². The minimum atomic E-state index is 0.282. The molecule has 0 amide bonds. The predicted molar refractivity (Wildman–Crippen MR) is 79.0 cm³/mol. The smallest absolute Gasteiger partial charge is 0.129 e. The first-order valence-electron chi connectivity index (χ1n) is 6.47. The van der Waals surface area contributed by atoms with E-state index in [0.29, 0.717) is 6.04 Å². The molecule has 2 aromatic rings. The molecule has 0 aliphatic heterocycles. The average Bonchev–Trinajstić information content (AvgIpc) is 3.04. The lowest BCUT2D eigenvalue weighted by Crippen LogP contribution is -2.18. The average molecular weight is 279 g/mol. The van der Waals surface area contributed by atoms with Gasteiger partial charge in [0.05, 0.1) is 12.8 Å². The van der Waals surface area contributed by atoms with E-state index in [1.54, 1.807) is 18.4 Å². The van der Waals surface area contributed by atoms with Gasteiger partial charge in [0.25, 0.3) is 0 Å². The summed E-state index contributed by atoms with van der Waals surface area (Å²) in [6.45, 7) is 4.27. The first kappa shape index (κ1) is 14.1. The van der Waals surface area contributed by atoms with Crippen LogP contribution in [0.25, 0.3) is 0 Å². The number of hydrogen-bond acceptors (Lipinski definition) is 4. The van der Waals surface area contributed by atoms with Crippen molar-refractivity contribution in [1.82, 2.24) is 15.1 Å². The monoisotopic (exact) mass is 279 g/mol. The van der Waals surface area contributed by atoms with Crippen molar-refractivity contribution in [2.45, 2.75) is 32.4 Å². The van der Waals surface area contributed by atoms with Crippen molar-refractivity contribution in [3.63, 3.8) is 0 Å². The highest BCUT2D eigenvalue weighted by Gasteiger charge is 2.15. The van der Waals surface area contributed by atoms with Gasteiger partial charge in [-0.2, -0.15) is 5.10 Å². The lowest BCUT2D eigenvalue weighted by atomic mass is 10.1. The summed E-state index contributed by atoms with van der Waals surface area (Å²) in [4.78, 5) is 1.28. The molecule has 2 rings (SSSR count). The van der Waals surface area contributed by atoms with Gasteiger partial charge < -0.3 is 10.1 Å². The summed E-state index contributed by atoms with van der Waals surface area (Å²) >= 11 is 1.72. The SMILES string of the molecule is CNC(Cc1ccn(C(C)C)n1)c1cc(OC)cs1. The van der Waals surface area contributed by atoms with Crippen LogP contribution >= 0.6 is 11.3 Å². The lowest BCUT2D eigenvalue weighted by molar-refractivity contribution is 0.416. The van der Waals surface area contributed by atoms with Crippen LogP contribution < -0.4 is 10.1 Å². The zero-order chi connectivity index (χ0) is 13.8. The summed E-state index contributed by atoms with van der Waals surface area (Å²) in [7, 11) is 3.68. The fourth-order valence-corrected chi connectivity index (χ4v) is 2.92. The lowest BCUT2D eigenvalue weighted by Gasteiger charge is -2.13. The third-order valence-corrected chi connectivity index (χ3v) is 4.15. The number of aromatic nitrogens is 2. The molecule has 1 N–H and O–H groups in total. The van der Waals surface area contributed by atoms with E-state index in [1.165, 1.54) is 4.88 Å². The predicted octanol–water partition coefficient (Wildman–Crippen LogP) is 3.04. The van der Waals surface area contributed by atoms with Crippen LogP contribution in [0.5, 0.6) is 5.75 Å². The van der Waals surface area contributed by atoms with Crippen molar-refractivity contribution < 1.29 is 4.74 Å². The van der Waals surface area contributed by atoms with Crippen LogP contribution in [0.15, 0.2) is 23.7 Å². The molecule has 0 aliphatic rings. The molecule has 0 saturated heterocycles. The second-order valence-corrected chi connectivity index (χ2v) is 5.76. The van der Waals surface area contributed by atoms with E-state index >= 15 is 0 Å². The Hall–Kier alpha value is -1.33. The topological polar surface area (TPSA) is 39.1 Å². The standard InChI is InChI=1S/C14H21N3OS/c1-10(2)17-6-5-11(16-17)7-13(15-3)14-8-12(18-4)9-19-14/h5-6,8-10,13,15H,7H2,1-4H3. The van der Waals surface area contributed by atoms with Gasteiger partial charge in [-0.3, -0.25) is 4.68 Å². The minimum absolute atomic E-state index is 0.282. The summed E-state index contributed by atoms with van der Waals surface area (Å²) in [5, 5.41) is 9.98. The molecule has 1 atom stereocenters. The molecule has 104 valence electrons. The second kappa shape index (κ2) is 6.21. The second-order valence-electron chi connectivity index (χ2n) is 4.82. The molecule has 0 bridgehead atoms. The zero-order valence-corrected chi connectivity index (χ0v) is 12.7. The highest BCUT2D eigenvalue weighted by Crippen LogP contribution is 2.28. The van der Waals surface area contributed by atoms with E-state index < -0.39 is 0 Å². The number of likely N-dealkylation sites (N-methyl/N-ethyl adjacent to an activating group) is 1. The van der Waals surface area contributed by atoms with Gasteiger partial charge in [0, 0.05) is 35.0 Å². The first-order chi connectivity index (χ1) is 9.13. The number of nitrogens with one attached hydrogen (secondary N) is 1. The van der Waals surface area contributed by atoms with E-state index in [9.17, 15) is 0 Å². The van der Waals surface area contributed by atoms with Crippen LogP contribution in [0.1, 0.15) is 36.5 Å². The number of hydrogen-bond donors (Lipinski definition) is 1. The maximum Gasteiger partial charge on any atom is 0.129 e. The first-order valence-corrected chi connectivity index (χ1v) is 7.35. The molecule has 0 radical (unpaired) electrons. The van der Waals surface area contributed by atoms with Crippen LogP contribution in [0.3, 0.4) is 0 Å². The number of nitrogens with zero attached hydrogens (tertiary/aromatic N) is 2. The summed E-state index contributed by atoms with van der Waals surface area (Å²) < 4.78 is 7.24. The Morgan fingerprint density at radius 3 is 2.79 bits per heavy atom. The van der Waals surface area contributed by atoms with Gasteiger partial charge in [0.1, 0.15) is 5.75 Å². The Balaban J connectivity index is 2.09. The largest absolute Gasteiger partial charge is 0.496 e. The Kier molecular flexibility index (Phi) is 4.61. The Morgan fingerprint density at radius 1 is 1.47 bits per heavy atom. The van der Waals surface area contributed by atoms with Gasteiger partial charge in [-0.05, 0) is 33.0 Å². The molecule has 19 heavy (non-hydrogen) atoms. The van der Waals surface area contributed by atoms with Gasteiger partial charge in [-0.1, -0.05) is 0 Å². The Bertz CT molecular complexity index is 518. The fourth-order valence-electron chi connectivity index (χ4n) is 1.95. The van der Waals surface area contributed by atoms with Crippen LogP contribution in [-0.2, 0) is 6.42 Å². The molecular formula is C14H21N3OS. The zero-order valence-electron chi connectivity index (χ0n) is 11.9. The van der Waals surface area contributed by atoms with Gasteiger partial charge in [0.15, 0.2) is 0 Å². The molecule has 5 heteroatoms. The van der Waals surface area contributed by atoms with Crippen molar-refractivity contribution in [2.75, 3.05) is 14.2 Å². The third kappa shape index (κ3) is 3.36. The Labute approximate surface area is 118 Å². The summed E-state index contributed by atoms with van der Waals surface area (Å²) in [5.74, 6) is 0.924. The Morgan fingerprint density at radius 2 is 2.26 bits per heavy atom. The maximum absolute atomic E-state index is 5.24. The molecule has 0 aromatic carbocycles. The molecule has 2 heterocycles. The molecule has 0 fully saturated rings. The number of methoxy groups -OCH3 is 1. The van der Waals surface area contributed by atoms with Gasteiger partial charge >= 0.3 is 0 Å². The van der Waals surface area contributed by atoms with Crippen LogP contribution in [0.2, 0.25) is 0 Å². The molecule has 0 spiro atoms. The van der Waals surface area contributed by atoms with Crippen molar-refractivity contribution in [3.8, 4) is 5.75 Å². The molecule has 1 unspecified atom stereocenters. The number of ether oxygens (including phenoxy) is 1. The molecular weight excluding hydrogens is 258 g/mol. The van der Waals surface area contributed by atoms with Crippen molar-refractivity contribution in [2.24, 2.45) is 0 Å². The minimum Gasteiger partial charge on any atom is -0.496 e. The summed E-state index contributed by atoms with van der Waals surface area (Å²) in [6.07, 6.45) is 2.93. The molecule has 2 aromatic heterocycles. The van der Waals surface area contributed by atoms with Crippen LogP contribution in [0, 0.1) is 0 Å². The fraction of sp³-hybridized carbons (Fsp3) is 0.500. The van der Waals surface area contributed by atoms with Crippen LogP contribution in [-0.4, -0.2) is 23.9 Å². The van der Waals surface area contributed by atoms with E-state index in [4.69, 9.17) is 4.74 Å². The van der Waals surface area contributed by atoms with Crippen molar-refractivity contribution in [3.05, 3.63) is 34.3 Å². The molecule has 0 aliphatic carbocycles. The third-order valence-electron chi connectivity index (χ3n) is 3.13. The highest BCUT2D eigenvalue weighted by molar-refractivity contribution is 7.10. The number of thiophene rings is 1. The number of rotatable bonds is 6. The summed E-state index contributed by atoms with van der Waals surface area (Å²) in [6, 6.07) is 4.87. The quantitative estimate of drug-likeness (QED) is 0.883.